The topological polar surface area (TPSA) is 83.5 Å². The lowest BCUT2D eigenvalue weighted by Gasteiger charge is -2.40. The third-order valence-corrected chi connectivity index (χ3v) is 4.31. The number of nitrogens with zero attached hydrogens (tertiary/aromatic N) is 1. The van der Waals surface area contributed by atoms with Crippen LogP contribution >= 0.6 is 7.60 Å². The Balaban J connectivity index is 2.60. The Morgan fingerprint density at radius 1 is 0.913 bits per heavy atom. The molecule has 0 saturated heterocycles. The zero-order valence-electron chi connectivity index (χ0n) is 13.0. The van der Waals surface area contributed by atoms with Crippen LogP contribution in [0, 0.1) is 5.92 Å². The van der Waals surface area contributed by atoms with Crippen molar-refractivity contribution >= 4 is 24.5 Å². The van der Waals surface area contributed by atoms with E-state index in [4.69, 9.17) is 0 Å². The van der Waals surface area contributed by atoms with Gasteiger partial charge in [0.1, 0.15) is 0 Å². The van der Waals surface area contributed by atoms with Gasteiger partial charge in [0.15, 0.2) is 5.52 Å². The van der Waals surface area contributed by atoms with Gasteiger partial charge in [-0.3, -0.25) is 4.79 Å². The molecule has 0 aliphatic rings. The first-order chi connectivity index (χ1) is 10.8. The summed E-state index contributed by atoms with van der Waals surface area (Å²) in [6.45, 7) is 3.44. The summed E-state index contributed by atoms with van der Waals surface area (Å²) >= 11 is 0. The van der Waals surface area contributed by atoms with Gasteiger partial charge >= 0.3 is 0 Å². The number of anilines is 2. The van der Waals surface area contributed by atoms with Crippen molar-refractivity contribution in [2.24, 2.45) is 5.92 Å². The molecule has 0 saturated carbocycles. The molecule has 2 aromatic rings. The molecule has 0 aliphatic heterocycles. The minimum Gasteiger partial charge on any atom is -0.805 e. The molecule has 0 heterocycles. The van der Waals surface area contributed by atoms with Crippen LogP contribution in [0.4, 0.5) is 11.4 Å². The van der Waals surface area contributed by atoms with Gasteiger partial charge in [-0.25, -0.2) is 0 Å². The van der Waals surface area contributed by atoms with Crippen molar-refractivity contribution < 1.29 is 19.1 Å². The van der Waals surface area contributed by atoms with Crippen molar-refractivity contribution in [3.05, 3.63) is 60.7 Å². The van der Waals surface area contributed by atoms with Gasteiger partial charge in [-0.15, -0.1) is 0 Å². The average molecular weight is 331 g/mol. The van der Waals surface area contributed by atoms with E-state index in [1.807, 2.05) is 12.1 Å². The third kappa shape index (κ3) is 4.08. The second kappa shape index (κ2) is 7.09. The van der Waals surface area contributed by atoms with Crippen LogP contribution in [0.3, 0.4) is 0 Å². The highest BCUT2D eigenvalue weighted by atomic mass is 31.2. The van der Waals surface area contributed by atoms with E-state index in [2.05, 4.69) is 0 Å². The predicted octanol–water partition coefficient (Wildman–Crippen LogP) is 2.29. The molecule has 122 valence electrons. The highest BCUT2D eigenvalue weighted by Gasteiger charge is 2.32. The van der Waals surface area contributed by atoms with E-state index in [0.29, 0.717) is 11.4 Å². The van der Waals surface area contributed by atoms with Crippen molar-refractivity contribution in [2.45, 2.75) is 19.9 Å². The monoisotopic (exact) mass is 331 g/mol. The molecular formula is C17H18NO4P-2. The summed E-state index contributed by atoms with van der Waals surface area (Å²) in [5, 5.41) is 0. The molecule has 1 atom stereocenters. The number of carbonyl (C=O) groups excluding carboxylic acids is 1. The lowest BCUT2D eigenvalue weighted by atomic mass is 10.0. The molecule has 1 unspecified atom stereocenters. The van der Waals surface area contributed by atoms with Crippen molar-refractivity contribution in [3.8, 4) is 0 Å². The Bertz CT molecular complexity index is 658. The number of hydrogen-bond donors (Lipinski definition) is 0. The Hall–Kier alpha value is -1.94. The number of para-hydroxylation sites is 2. The number of carbonyl (C=O) groups is 1. The van der Waals surface area contributed by atoms with Gasteiger partial charge in [0.2, 0.25) is 0 Å². The molecule has 2 aromatic carbocycles. The number of benzene rings is 2. The van der Waals surface area contributed by atoms with Gasteiger partial charge in [-0.05, 0) is 30.2 Å². The van der Waals surface area contributed by atoms with Crippen molar-refractivity contribution in [1.82, 2.24) is 0 Å². The minimum atomic E-state index is -5.34. The SMILES string of the molecule is CC(C)C(C(=O)P(=O)([O-])[O-])N(c1ccccc1)c1ccccc1. The van der Waals surface area contributed by atoms with Crippen LogP contribution in [0.15, 0.2) is 60.7 Å². The number of hydrogen-bond acceptors (Lipinski definition) is 5. The molecule has 0 N–H and O–H groups in total. The summed E-state index contributed by atoms with van der Waals surface area (Å²) in [5.74, 6) is -0.362. The van der Waals surface area contributed by atoms with E-state index in [0.717, 1.165) is 0 Å². The third-order valence-electron chi connectivity index (χ3n) is 3.50. The Morgan fingerprint density at radius 2 is 1.30 bits per heavy atom. The highest BCUT2D eigenvalue weighted by Crippen LogP contribution is 2.37. The standard InChI is InChI=1S/C17H20NO4P/c1-13(2)16(17(19)23(20,21)22)18(14-9-5-3-6-10-14)15-11-7-4-8-12-15/h3-13,16H,1-2H3,(H2,20,21,22)/p-2. The van der Waals surface area contributed by atoms with E-state index in [9.17, 15) is 19.1 Å². The lowest BCUT2D eigenvalue weighted by molar-refractivity contribution is -0.310. The molecule has 23 heavy (non-hydrogen) atoms. The summed E-state index contributed by atoms with van der Waals surface area (Å²) in [5.41, 5.74) is 0.0126. The summed E-state index contributed by atoms with van der Waals surface area (Å²) in [7, 11) is -5.34. The van der Waals surface area contributed by atoms with Crippen LogP contribution in [0.5, 0.6) is 0 Å². The fraction of sp³-hybridized carbons (Fsp3) is 0.235. The molecule has 0 spiro atoms. The Labute approximate surface area is 135 Å². The quantitative estimate of drug-likeness (QED) is 0.758. The molecule has 0 aliphatic carbocycles. The van der Waals surface area contributed by atoms with Crippen LogP contribution in [-0.4, -0.2) is 11.6 Å². The molecule has 6 heteroatoms. The summed E-state index contributed by atoms with van der Waals surface area (Å²) in [6.07, 6.45) is 0. The zero-order valence-corrected chi connectivity index (χ0v) is 13.9. The highest BCUT2D eigenvalue weighted by molar-refractivity contribution is 7.67. The molecule has 0 amide bonds. The fourth-order valence-corrected chi connectivity index (χ4v) is 3.24. The van der Waals surface area contributed by atoms with Gasteiger partial charge in [0.05, 0.1) is 6.04 Å². The largest absolute Gasteiger partial charge is 0.805 e. The second-order valence-electron chi connectivity index (χ2n) is 5.57. The van der Waals surface area contributed by atoms with E-state index in [1.54, 1.807) is 67.3 Å². The normalized spacial score (nSPS) is 12.9. The van der Waals surface area contributed by atoms with Crippen molar-refractivity contribution in [3.63, 3.8) is 0 Å². The second-order valence-corrected chi connectivity index (χ2v) is 7.00. The molecule has 0 radical (unpaired) electrons. The summed E-state index contributed by atoms with van der Waals surface area (Å²) in [4.78, 5) is 36.6. The molecule has 0 bridgehead atoms. The molecular weight excluding hydrogens is 313 g/mol. The average Bonchev–Trinajstić information content (AvgIpc) is 2.52. The van der Waals surface area contributed by atoms with Crippen molar-refractivity contribution in [1.29, 1.82) is 0 Å². The Morgan fingerprint density at radius 3 is 1.61 bits per heavy atom. The number of rotatable bonds is 6. The molecule has 0 fully saturated rings. The van der Waals surface area contributed by atoms with Crippen LogP contribution in [0.1, 0.15) is 13.8 Å². The van der Waals surface area contributed by atoms with Gasteiger partial charge in [-0.1, -0.05) is 50.2 Å². The zero-order chi connectivity index (χ0) is 17.0. The van der Waals surface area contributed by atoms with Crippen LogP contribution in [0.2, 0.25) is 0 Å². The minimum absolute atomic E-state index is 0.362. The van der Waals surface area contributed by atoms with Gasteiger partial charge in [0, 0.05) is 19.0 Å². The van der Waals surface area contributed by atoms with Crippen molar-refractivity contribution in [2.75, 3.05) is 4.90 Å². The van der Waals surface area contributed by atoms with Crippen LogP contribution in [-0.2, 0) is 9.36 Å². The lowest BCUT2D eigenvalue weighted by Crippen LogP contribution is -2.45. The molecule has 5 nitrogen and oxygen atoms in total. The fourth-order valence-electron chi connectivity index (χ4n) is 2.50. The first kappa shape index (κ1) is 17.4. The molecule has 0 aromatic heterocycles. The van der Waals surface area contributed by atoms with E-state index >= 15 is 0 Å². The van der Waals surface area contributed by atoms with Gasteiger partial charge < -0.3 is 19.3 Å². The van der Waals surface area contributed by atoms with E-state index < -0.39 is 19.2 Å². The predicted molar refractivity (Wildman–Crippen MR) is 86.3 cm³/mol. The van der Waals surface area contributed by atoms with E-state index in [-0.39, 0.29) is 5.92 Å². The summed E-state index contributed by atoms with van der Waals surface area (Å²) < 4.78 is 11.3. The van der Waals surface area contributed by atoms with Gasteiger partial charge in [-0.2, -0.15) is 0 Å². The van der Waals surface area contributed by atoms with Crippen LogP contribution in [0.25, 0.3) is 0 Å². The maximum absolute atomic E-state index is 12.3. The van der Waals surface area contributed by atoms with Gasteiger partial charge in [0.25, 0.3) is 0 Å². The maximum atomic E-state index is 12.3. The molecule has 2 rings (SSSR count). The first-order valence-corrected chi connectivity index (χ1v) is 8.82. The maximum Gasteiger partial charge on any atom is 0.185 e. The first-order valence-electron chi connectivity index (χ1n) is 7.28. The Kier molecular flexibility index (Phi) is 5.37. The summed E-state index contributed by atoms with van der Waals surface area (Å²) in [6, 6.07) is 16.8. The smallest absolute Gasteiger partial charge is 0.185 e. The van der Waals surface area contributed by atoms with Crippen LogP contribution < -0.4 is 14.7 Å². The van der Waals surface area contributed by atoms with E-state index in [1.165, 1.54) is 0 Å².